The predicted molar refractivity (Wildman–Crippen MR) is 220 cm³/mol. The average Bonchev–Trinajstić information content (AvgIpc) is 3.99. The van der Waals surface area contributed by atoms with E-state index in [0.717, 1.165) is 83.7 Å². The molecule has 2 saturated heterocycles. The van der Waals surface area contributed by atoms with Crippen molar-refractivity contribution in [2.24, 2.45) is 22.7 Å². The number of imidazole rings is 1. The highest BCUT2D eigenvalue weighted by Crippen LogP contribution is 2.32. The second-order valence-corrected chi connectivity index (χ2v) is 16.0. The zero-order valence-electron chi connectivity index (χ0n) is 34.0. The fourth-order valence-corrected chi connectivity index (χ4v) is 8.11. The molecule has 0 bridgehead atoms. The maximum Gasteiger partial charge on any atom is 0.407 e. The van der Waals surface area contributed by atoms with Crippen LogP contribution in [0.3, 0.4) is 0 Å². The van der Waals surface area contributed by atoms with E-state index in [0.29, 0.717) is 19.6 Å². The highest BCUT2D eigenvalue weighted by atomic mass is 16.5. The second kappa shape index (κ2) is 18.7. The largest absolute Gasteiger partial charge is 0.453 e. The van der Waals surface area contributed by atoms with E-state index in [9.17, 15) is 19.2 Å². The first-order valence-electron chi connectivity index (χ1n) is 20.3. The van der Waals surface area contributed by atoms with E-state index >= 15 is 0 Å². The molecule has 0 saturated carbocycles. The van der Waals surface area contributed by atoms with Gasteiger partial charge >= 0.3 is 12.2 Å². The molecule has 57 heavy (non-hydrogen) atoms. The molecule has 3 aliphatic rings. The molecule has 0 spiro atoms. The van der Waals surface area contributed by atoms with Gasteiger partial charge in [0.25, 0.3) is 0 Å². The monoisotopic (exact) mass is 779 g/mol. The van der Waals surface area contributed by atoms with Crippen LogP contribution in [-0.4, -0.2) is 102 Å². The minimum atomic E-state index is -0.645. The first-order valence-corrected chi connectivity index (χ1v) is 20.3. The quantitative estimate of drug-likeness (QED) is 0.178. The third-order valence-electron chi connectivity index (χ3n) is 11.5. The number of rotatable bonds is 12. The second-order valence-electron chi connectivity index (χ2n) is 16.0. The van der Waals surface area contributed by atoms with Crippen LogP contribution in [-0.2, 0) is 19.1 Å². The molecule has 4 heterocycles. The Balaban J connectivity index is 1.09. The molecule has 304 valence electrons. The van der Waals surface area contributed by atoms with Crippen molar-refractivity contribution in [3.8, 4) is 22.4 Å². The van der Waals surface area contributed by atoms with Gasteiger partial charge in [0.1, 0.15) is 11.9 Å². The van der Waals surface area contributed by atoms with E-state index in [4.69, 9.17) is 14.5 Å². The Labute approximate surface area is 335 Å². The van der Waals surface area contributed by atoms with Crippen LogP contribution in [0, 0.1) is 17.8 Å². The van der Waals surface area contributed by atoms with Crippen LogP contribution in [0.1, 0.15) is 83.5 Å². The number of carbonyl (C=O) groups is 4. The van der Waals surface area contributed by atoms with E-state index < -0.39 is 18.2 Å². The van der Waals surface area contributed by atoms with Gasteiger partial charge in [-0.15, -0.1) is 0 Å². The summed E-state index contributed by atoms with van der Waals surface area (Å²) in [6.45, 7) is 9.90. The third kappa shape index (κ3) is 9.75. The molecule has 13 heteroatoms. The Morgan fingerprint density at radius 1 is 0.825 bits per heavy atom. The summed E-state index contributed by atoms with van der Waals surface area (Å²) in [5, 5.41) is 5.41. The van der Waals surface area contributed by atoms with E-state index in [1.807, 2.05) is 38.8 Å². The lowest BCUT2D eigenvalue weighted by Crippen LogP contribution is -2.50. The lowest BCUT2D eigenvalue weighted by atomic mass is 9.93. The number of methoxy groups -OCH3 is 2. The van der Waals surface area contributed by atoms with Gasteiger partial charge in [-0.25, -0.2) is 14.6 Å². The Morgan fingerprint density at radius 2 is 1.49 bits per heavy atom. The highest BCUT2D eigenvalue weighted by Gasteiger charge is 2.38. The van der Waals surface area contributed by atoms with Crippen molar-refractivity contribution in [3.63, 3.8) is 0 Å². The first-order chi connectivity index (χ1) is 27.5. The molecule has 0 radical (unpaired) electrons. The smallest absolute Gasteiger partial charge is 0.407 e. The number of alkyl carbamates (subject to hydrolysis) is 2. The molecule has 3 aromatic rings. The number of allylic oxidation sites excluding steroid dienone is 1. The number of aromatic amines is 1. The summed E-state index contributed by atoms with van der Waals surface area (Å²) in [5.41, 5.74) is 7.17. The molecule has 3 aliphatic heterocycles. The number of nitrogens with zero attached hydrogens (tertiary/aromatic N) is 4. The highest BCUT2D eigenvalue weighted by molar-refractivity contribution is 5.98. The number of nitrogens with one attached hydrogen (secondary N) is 3. The summed E-state index contributed by atoms with van der Waals surface area (Å²) in [6.07, 6.45) is 8.26. The summed E-state index contributed by atoms with van der Waals surface area (Å²) in [7, 11) is 2.62. The standard InChI is InChI=1S/C44H57N7O6/c1-27(2)34(24-46-43(54)56-5)41(52)51-22-9-12-38(51)36-11-8-7-10-35(47-36)31-17-13-29(14-18-31)30-15-19-32(20-16-30)37-25-45-40(48-37)33-21-23-50(26-33)42(53)39(28(3)4)49-44(55)57-6/h10,13-20,25,27-28,33-34,38-39H,7-9,11-12,21-24,26H2,1-6H3,(H,45,48)(H,46,54)(H,49,55). The van der Waals surface area contributed by atoms with Crippen molar-refractivity contribution in [2.75, 3.05) is 40.4 Å². The Morgan fingerprint density at radius 3 is 2.14 bits per heavy atom. The SMILES string of the molecule is COC(=O)NCC(C(=O)N1CCCC1C1=NC(c2ccc(-c3ccc(-c4cnc(C5CCN(C(=O)C(NC(=O)OC)C(C)C)C5)[nH]4)cc3)cc2)=CCCC1)C(C)C. The van der Waals surface area contributed by atoms with E-state index in [1.165, 1.54) is 14.2 Å². The van der Waals surface area contributed by atoms with Crippen molar-refractivity contribution < 1.29 is 28.7 Å². The number of hydrogen-bond acceptors (Lipinski definition) is 8. The van der Waals surface area contributed by atoms with Crippen molar-refractivity contribution in [3.05, 3.63) is 72.2 Å². The minimum Gasteiger partial charge on any atom is -0.453 e. The fraction of sp³-hybridized carbons (Fsp3) is 0.500. The van der Waals surface area contributed by atoms with Crippen LogP contribution in [0.4, 0.5) is 9.59 Å². The van der Waals surface area contributed by atoms with Crippen molar-refractivity contribution in [1.82, 2.24) is 30.4 Å². The van der Waals surface area contributed by atoms with Gasteiger partial charge in [-0.2, -0.15) is 0 Å². The zero-order valence-corrected chi connectivity index (χ0v) is 34.0. The van der Waals surface area contributed by atoms with Gasteiger partial charge in [0.15, 0.2) is 0 Å². The molecule has 2 fully saturated rings. The van der Waals surface area contributed by atoms with E-state index in [1.54, 1.807) is 4.90 Å². The number of carbonyl (C=O) groups excluding carboxylic acids is 4. The molecule has 4 unspecified atom stereocenters. The molecule has 6 rings (SSSR count). The number of H-pyrrole nitrogens is 1. The van der Waals surface area contributed by atoms with E-state index in [2.05, 4.69) is 75.2 Å². The normalized spacial score (nSPS) is 19.4. The van der Waals surface area contributed by atoms with Crippen molar-refractivity contribution >= 4 is 35.4 Å². The maximum atomic E-state index is 13.8. The van der Waals surface area contributed by atoms with Gasteiger partial charge in [0.05, 0.1) is 43.8 Å². The van der Waals surface area contributed by atoms with Crippen LogP contribution in [0.15, 0.2) is 65.8 Å². The lowest BCUT2D eigenvalue weighted by Gasteiger charge is -2.31. The summed E-state index contributed by atoms with van der Waals surface area (Å²) in [6, 6.07) is 16.2. The third-order valence-corrected chi connectivity index (χ3v) is 11.5. The molecular formula is C44H57N7O6. The van der Waals surface area contributed by atoms with Crippen LogP contribution < -0.4 is 10.6 Å². The van der Waals surface area contributed by atoms with Gasteiger partial charge in [0.2, 0.25) is 11.8 Å². The zero-order chi connectivity index (χ0) is 40.6. The van der Waals surface area contributed by atoms with Gasteiger partial charge in [-0.1, -0.05) is 82.3 Å². The predicted octanol–water partition coefficient (Wildman–Crippen LogP) is 7.03. The average molecular weight is 780 g/mol. The van der Waals surface area contributed by atoms with Crippen molar-refractivity contribution in [2.45, 2.75) is 84.2 Å². The topological polar surface area (TPSA) is 158 Å². The molecule has 2 aromatic carbocycles. The summed E-state index contributed by atoms with van der Waals surface area (Å²) in [5.74, 6) is 0.530. The van der Waals surface area contributed by atoms with E-state index in [-0.39, 0.29) is 48.1 Å². The fourth-order valence-electron chi connectivity index (χ4n) is 8.11. The number of amides is 4. The number of aromatic nitrogens is 2. The van der Waals surface area contributed by atoms with Crippen LogP contribution >= 0.6 is 0 Å². The maximum absolute atomic E-state index is 13.8. The molecule has 0 aliphatic carbocycles. The van der Waals surface area contributed by atoms with Gasteiger partial charge in [-0.05, 0) is 72.6 Å². The van der Waals surface area contributed by atoms with Gasteiger partial charge in [-0.3, -0.25) is 14.6 Å². The molecular weight excluding hydrogens is 723 g/mol. The Hall–Kier alpha value is -5.46. The summed E-state index contributed by atoms with van der Waals surface area (Å²) < 4.78 is 9.47. The number of hydrogen-bond donors (Lipinski definition) is 3. The van der Waals surface area contributed by atoms with Crippen LogP contribution in [0.2, 0.25) is 0 Å². The van der Waals surface area contributed by atoms with Gasteiger partial charge < -0.3 is 34.9 Å². The number of benzene rings is 2. The lowest BCUT2D eigenvalue weighted by molar-refractivity contribution is -0.136. The van der Waals surface area contributed by atoms with Crippen LogP contribution in [0.5, 0.6) is 0 Å². The number of likely N-dealkylation sites (tertiary alicyclic amines) is 2. The first kappa shape index (κ1) is 41.2. The molecule has 3 N–H and O–H groups in total. The number of ether oxygens (including phenoxy) is 2. The van der Waals surface area contributed by atoms with Gasteiger partial charge in [0, 0.05) is 37.8 Å². The van der Waals surface area contributed by atoms with Crippen LogP contribution in [0.25, 0.3) is 28.1 Å². The Bertz CT molecular complexity index is 1950. The van der Waals surface area contributed by atoms with Crippen molar-refractivity contribution in [1.29, 1.82) is 0 Å². The summed E-state index contributed by atoms with van der Waals surface area (Å²) >= 11 is 0. The molecule has 4 atom stereocenters. The summed E-state index contributed by atoms with van der Waals surface area (Å²) in [4.78, 5) is 67.9. The molecule has 1 aromatic heterocycles. The molecule has 13 nitrogen and oxygen atoms in total. The Kier molecular flexibility index (Phi) is 13.5. The molecule has 4 amide bonds. The number of aliphatic imine (C=N–C) groups is 1. The minimum absolute atomic E-state index is 0.0431.